The van der Waals surface area contributed by atoms with Crippen molar-refractivity contribution in [2.75, 3.05) is 7.05 Å². The molecule has 1 N–H and O–H groups in total. The normalized spacial score (nSPS) is 32.0. The third kappa shape index (κ3) is 2.27. The first-order valence-corrected chi connectivity index (χ1v) is 5.78. The van der Waals surface area contributed by atoms with E-state index in [2.05, 4.69) is 5.32 Å². The van der Waals surface area contributed by atoms with Crippen molar-refractivity contribution in [2.24, 2.45) is 11.3 Å². The molecule has 94 valence electrons. The van der Waals surface area contributed by atoms with E-state index in [0.717, 1.165) is 24.2 Å². The molecule has 0 bridgehead atoms. The average Bonchev–Trinajstić information content (AvgIpc) is 2.35. The molecule has 18 heavy (non-hydrogen) atoms. The van der Waals surface area contributed by atoms with E-state index >= 15 is 0 Å². The first-order valence-electron chi connectivity index (χ1n) is 5.78. The van der Waals surface area contributed by atoms with Gasteiger partial charge in [-0.1, -0.05) is 12.2 Å². The summed E-state index contributed by atoms with van der Waals surface area (Å²) in [5.74, 6) is -1.02. The molecule has 2 rings (SSSR count). The maximum atomic E-state index is 12.2. The molecule has 5 nitrogen and oxygen atoms in total. The summed E-state index contributed by atoms with van der Waals surface area (Å²) in [4.78, 5) is 36.5. The molecule has 2 unspecified atom stereocenters. The minimum Gasteiger partial charge on any atom is -1.00 e. The Balaban J connectivity index is 0.00000162. The van der Waals surface area contributed by atoms with Crippen LogP contribution in [-0.4, -0.2) is 29.8 Å². The van der Waals surface area contributed by atoms with E-state index < -0.39 is 23.3 Å². The summed E-state index contributed by atoms with van der Waals surface area (Å²) in [7, 11) is 1.40. The Kier molecular flexibility index (Phi) is 4.75. The van der Waals surface area contributed by atoms with Crippen molar-refractivity contribution in [3.8, 4) is 0 Å². The summed E-state index contributed by atoms with van der Waals surface area (Å²) >= 11 is 0. The Morgan fingerprint density at radius 1 is 1.44 bits per heavy atom. The number of imide groups is 2. The smallest absolute Gasteiger partial charge is 1.00 e. The minimum atomic E-state index is -1.15. The molecule has 1 aliphatic heterocycles. The largest absolute Gasteiger partial charge is 1.00 e. The summed E-state index contributed by atoms with van der Waals surface area (Å²) < 4.78 is 0. The topological polar surface area (TPSA) is 66.5 Å². The molecule has 2 aliphatic rings. The zero-order valence-corrected chi connectivity index (χ0v) is 13.0. The van der Waals surface area contributed by atoms with Crippen LogP contribution in [0.5, 0.6) is 0 Å². The van der Waals surface area contributed by atoms with Crippen molar-refractivity contribution in [3.63, 3.8) is 0 Å². The van der Waals surface area contributed by atoms with Crippen LogP contribution in [0.4, 0.5) is 4.79 Å². The van der Waals surface area contributed by atoms with Crippen molar-refractivity contribution >= 4 is 17.8 Å². The van der Waals surface area contributed by atoms with Gasteiger partial charge in [-0.3, -0.25) is 19.8 Å². The van der Waals surface area contributed by atoms with Crippen LogP contribution in [-0.2, 0) is 9.59 Å². The van der Waals surface area contributed by atoms with Gasteiger partial charge in [-0.25, -0.2) is 4.79 Å². The molecule has 0 aromatic carbocycles. The monoisotopic (exact) mass is 260 g/mol. The molecule has 1 fully saturated rings. The van der Waals surface area contributed by atoms with Gasteiger partial charge in [-0.05, 0) is 32.1 Å². The molecule has 0 spiro atoms. The number of amides is 4. The Hall–Kier alpha value is -0.650. The van der Waals surface area contributed by atoms with Crippen LogP contribution in [0.1, 0.15) is 27.6 Å². The fourth-order valence-electron chi connectivity index (χ4n) is 2.47. The number of nitrogens with zero attached hydrogens (tertiary/aromatic N) is 1. The second kappa shape index (κ2) is 5.55. The maximum absolute atomic E-state index is 12.2. The fourth-order valence-corrected chi connectivity index (χ4v) is 2.47. The summed E-state index contributed by atoms with van der Waals surface area (Å²) in [5.41, 5.74) is -1.15. The number of carbonyl (C=O) groups excluding carboxylic acids is 3. The van der Waals surface area contributed by atoms with Gasteiger partial charge in [0.2, 0.25) is 11.8 Å². The number of carbonyl (C=O) groups is 3. The van der Waals surface area contributed by atoms with E-state index in [1.165, 1.54) is 7.05 Å². The van der Waals surface area contributed by atoms with Gasteiger partial charge in [0.15, 0.2) is 0 Å². The van der Waals surface area contributed by atoms with Crippen molar-refractivity contribution < 1.29 is 45.4 Å². The van der Waals surface area contributed by atoms with Gasteiger partial charge in [-0.2, -0.15) is 0 Å². The SMILES string of the molecule is CN1C(=O)NC(=O)C(C)(C2C=CCCC2)C1=O.[H-].[Na+]. The third-order valence-electron chi connectivity index (χ3n) is 3.74. The van der Waals surface area contributed by atoms with Gasteiger partial charge in [0.05, 0.1) is 0 Å². The van der Waals surface area contributed by atoms with Crippen LogP contribution in [0.15, 0.2) is 12.2 Å². The van der Waals surface area contributed by atoms with Gasteiger partial charge in [0.1, 0.15) is 5.41 Å². The zero-order chi connectivity index (χ0) is 12.6. The van der Waals surface area contributed by atoms with Crippen LogP contribution < -0.4 is 34.9 Å². The number of nitrogens with one attached hydrogen (secondary N) is 1. The van der Waals surface area contributed by atoms with E-state index in [4.69, 9.17) is 0 Å². The Labute approximate surface area is 130 Å². The molecule has 4 amide bonds. The second-order valence-electron chi connectivity index (χ2n) is 4.79. The molecule has 6 heteroatoms. The predicted octanol–water partition coefficient (Wildman–Crippen LogP) is -1.83. The Bertz CT molecular complexity index is 427. The molecule has 1 saturated heterocycles. The first kappa shape index (κ1) is 15.4. The van der Waals surface area contributed by atoms with E-state index in [9.17, 15) is 14.4 Å². The van der Waals surface area contributed by atoms with Crippen LogP contribution in [0.2, 0.25) is 0 Å². The van der Waals surface area contributed by atoms with Crippen LogP contribution >= 0.6 is 0 Å². The molecule has 0 saturated carbocycles. The molecular formula is C12H17N2NaO3. The van der Waals surface area contributed by atoms with E-state index in [1.807, 2.05) is 12.2 Å². The van der Waals surface area contributed by atoms with Gasteiger partial charge < -0.3 is 1.43 Å². The number of rotatable bonds is 1. The molecule has 0 radical (unpaired) electrons. The average molecular weight is 260 g/mol. The van der Waals surface area contributed by atoms with Crippen molar-refractivity contribution in [3.05, 3.63) is 12.2 Å². The number of hydrogen-bond donors (Lipinski definition) is 1. The van der Waals surface area contributed by atoms with Crippen LogP contribution in [0.3, 0.4) is 0 Å². The number of barbiturate groups is 1. The summed E-state index contributed by atoms with van der Waals surface area (Å²) in [6.07, 6.45) is 6.67. The number of allylic oxidation sites excluding steroid dienone is 2. The Morgan fingerprint density at radius 2 is 2.11 bits per heavy atom. The van der Waals surface area contributed by atoms with Gasteiger partial charge >= 0.3 is 35.6 Å². The van der Waals surface area contributed by atoms with Crippen molar-refractivity contribution in [1.82, 2.24) is 10.2 Å². The van der Waals surface area contributed by atoms with Crippen LogP contribution in [0.25, 0.3) is 0 Å². The zero-order valence-electron chi connectivity index (χ0n) is 12.0. The maximum Gasteiger partial charge on any atom is 1.00 e. The fraction of sp³-hybridized carbons (Fsp3) is 0.583. The summed E-state index contributed by atoms with van der Waals surface area (Å²) in [6.45, 7) is 1.62. The first-order chi connectivity index (χ1) is 7.98. The number of hydrogen-bond acceptors (Lipinski definition) is 3. The van der Waals surface area contributed by atoms with E-state index in [1.54, 1.807) is 6.92 Å². The summed E-state index contributed by atoms with van der Waals surface area (Å²) in [6, 6.07) is -0.641. The molecule has 1 heterocycles. The molecule has 1 aliphatic carbocycles. The quantitative estimate of drug-likeness (QED) is 0.343. The Morgan fingerprint density at radius 3 is 2.67 bits per heavy atom. The van der Waals surface area contributed by atoms with Crippen molar-refractivity contribution in [2.45, 2.75) is 26.2 Å². The van der Waals surface area contributed by atoms with Gasteiger partial charge in [-0.15, -0.1) is 0 Å². The molecule has 2 atom stereocenters. The van der Waals surface area contributed by atoms with E-state index in [0.29, 0.717) is 0 Å². The predicted molar refractivity (Wildman–Crippen MR) is 62.0 cm³/mol. The second-order valence-corrected chi connectivity index (χ2v) is 4.79. The van der Waals surface area contributed by atoms with E-state index in [-0.39, 0.29) is 36.9 Å². The van der Waals surface area contributed by atoms with Crippen LogP contribution in [0, 0.1) is 11.3 Å². The standard InChI is InChI=1S/C12H16N2O3.Na.H/c1-12(8-6-4-3-5-7-8)9(15)13-11(17)14(2)10(12)16;;/h4,6,8H,3,5,7H2,1-2H3,(H,13,15,17);;/q;+1;-1. The minimum absolute atomic E-state index is 0. The van der Waals surface area contributed by atoms with Crippen molar-refractivity contribution in [1.29, 1.82) is 0 Å². The third-order valence-corrected chi connectivity index (χ3v) is 3.74. The van der Waals surface area contributed by atoms with Gasteiger partial charge in [0, 0.05) is 7.05 Å². The summed E-state index contributed by atoms with van der Waals surface area (Å²) in [5, 5.41) is 2.24. The van der Waals surface area contributed by atoms with Gasteiger partial charge in [0.25, 0.3) is 0 Å². The molecule has 0 aromatic rings. The molecular weight excluding hydrogens is 243 g/mol. The number of urea groups is 1. The molecule has 0 aromatic heterocycles.